The number of fused-ring (bicyclic) bond motifs is 1. The van der Waals surface area contributed by atoms with Crippen LogP contribution < -0.4 is 10.6 Å². The number of nitriles is 1. The van der Waals surface area contributed by atoms with Gasteiger partial charge in [-0.3, -0.25) is 4.90 Å². The predicted molar refractivity (Wildman–Crippen MR) is 124 cm³/mol. The van der Waals surface area contributed by atoms with Crippen LogP contribution in [0, 0.1) is 11.3 Å². The molecular formula is C20H22BrN5O2S2. The predicted octanol–water partition coefficient (Wildman–Crippen LogP) is 5.22. The van der Waals surface area contributed by atoms with Crippen LogP contribution in [-0.4, -0.2) is 27.7 Å². The maximum Gasteiger partial charge on any atom is 0.416 e. The first-order valence-corrected chi connectivity index (χ1v) is 11.8. The summed E-state index contributed by atoms with van der Waals surface area (Å²) in [5, 5.41) is 11.4. The van der Waals surface area contributed by atoms with Crippen LogP contribution in [0.5, 0.6) is 0 Å². The zero-order chi connectivity index (χ0) is 22.1. The summed E-state index contributed by atoms with van der Waals surface area (Å²) in [6.07, 6.45) is 0.110. The molecule has 10 heteroatoms. The molecule has 3 heterocycles. The summed E-state index contributed by atoms with van der Waals surface area (Å²) < 4.78 is 7.13. The first kappa shape index (κ1) is 22.6. The first-order chi connectivity index (χ1) is 14.1. The van der Waals surface area contributed by atoms with Gasteiger partial charge < -0.3 is 10.5 Å². The SMILES string of the molecule is C[C@H](N)Cc1sc2c(N(Cc3cccs3)C(=O)OC(C)(C)C)nc(C#N)nc2c1Br. The Morgan fingerprint density at radius 1 is 1.43 bits per heavy atom. The van der Waals surface area contributed by atoms with Gasteiger partial charge in [-0.1, -0.05) is 6.07 Å². The van der Waals surface area contributed by atoms with Gasteiger partial charge in [0.25, 0.3) is 0 Å². The third kappa shape index (κ3) is 5.16. The summed E-state index contributed by atoms with van der Waals surface area (Å²) in [6, 6.07) is 5.82. The van der Waals surface area contributed by atoms with Gasteiger partial charge in [-0.2, -0.15) is 10.2 Å². The average molecular weight is 508 g/mol. The molecule has 0 aliphatic carbocycles. The molecule has 30 heavy (non-hydrogen) atoms. The lowest BCUT2D eigenvalue weighted by molar-refractivity contribution is 0.0577. The number of halogens is 1. The van der Waals surface area contributed by atoms with Crippen LogP contribution in [0.4, 0.5) is 10.6 Å². The van der Waals surface area contributed by atoms with Crippen molar-refractivity contribution < 1.29 is 9.53 Å². The Bertz CT molecular complexity index is 1100. The molecule has 0 aromatic carbocycles. The van der Waals surface area contributed by atoms with Gasteiger partial charge in [0.2, 0.25) is 5.82 Å². The van der Waals surface area contributed by atoms with Crippen LogP contribution in [0.2, 0.25) is 0 Å². The van der Waals surface area contributed by atoms with E-state index in [1.165, 1.54) is 27.6 Å². The van der Waals surface area contributed by atoms with Crippen LogP contribution >= 0.6 is 38.6 Å². The number of amides is 1. The van der Waals surface area contributed by atoms with Gasteiger partial charge in [0.05, 0.1) is 15.7 Å². The van der Waals surface area contributed by atoms with E-state index in [9.17, 15) is 10.1 Å². The van der Waals surface area contributed by atoms with E-state index in [1.54, 1.807) is 0 Å². The van der Waals surface area contributed by atoms with Gasteiger partial charge in [-0.25, -0.2) is 9.78 Å². The number of carbonyl (C=O) groups is 1. The molecule has 0 spiro atoms. The van der Waals surface area contributed by atoms with Crippen molar-refractivity contribution in [3.63, 3.8) is 0 Å². The summed E-state index contributed by atoms with van der Waals surface area (Å²) in [6.45, 7) is 7.64. The van der Waals surface area contributed by atoms with E-state index in [1.807, 2.05) is 51.3 Å². The van der Waals surface area contributed by atoms with Gasteiger partial charge in [-0.05, 0) is 61.5 Å². The summed E-state index contributed by atoms with van der Waals surface area (Å²) in [7, 11) is 0. The van der Waals surface area contributed by atoms with Crippen molar-refractivity contribution in [1.29, 1.82) is 5.26 Å². The first-order valence-electron chi connectivity index (χ1n) is 9.26. The minimum atomic E-state index is -0.675. The third-order valence-electron chi connectivity index (χ3n) is 3.90. The summed E-state index contributed by atoms with van der Waals surface area (Å²) in [5.41, 5.74) is 5.91. The molecule has 3 aromatic heterocycles. The van der Waals surface area contributed by atoms with Crippen molar-refractivity contribution in [3.8, 4) is 6.07 Å². The Balaban J connectivity index is 2.18. The number of ether oxygens (including phenoxy) is 1. The quantitative estimate of drug-likeness (QED) is 0.507. The van der Waals surface area contributed by atoms with Gasteiger partial charge in [0.15, 0.2) is 5.82 Å². The molecule has 158 valence electrons. The second kappa shape index (κ2) is 8.98. The lowest BCUT2D eigenvalue weighted by Gasteiger charge is -2.26. The van der Waals surface area contributed by atoms with Gasteiger partial charge >= 0.3 is 6.09 Å². The molecule has 0 saturated heterocycles. The van der Waals surface area contributed by atoms with Crippen molar-refractivity contribution in [2.45, 2.75) is 52.3 Å². The van der Waals surface area contributed by atoms with E-state index in [0.717, 1.165) is 14.2 Å². The normalized spacial score (nSPS) is 12.6. The molecule has 0 aliphatic rings. The third-order valence-corrected chi connectivity index (χ3v) is 7.07. The number of hydrogen-bond acceptors (Lipinski definition) is 8. The molecule has 0 aliphatic heterocycles. The second-order valence-corrected chi connectivity index (χ2v) is 10.8. The highest BCUT2D eigenvalue weighted by Gasteiger charge is 2.29. The highest BCUT2D eigenvalue weighted by Crippen LogP contribution is 2.40. The smallest absolute Gasteiger partial charge is 0.416 e. The Labute approximate surface area is 191 Å². The molecule has 1 atom stereocenters. The van der Waals surface area contributed by atoms with Gasteiger partial charge in [0.1, 0.15) is 17.2 Å². The van der Waals surface area contributed by atoms with E-state index in [-0.39, 0.29) is 18.4 Å². The topological polar surface area (TPSA) is 105 Å². The zero-order valence-corrected chi connectivity index (χ0v) is 20.3. The maximum atomic E-state index is 13.1. The minimum Gasteiger partial charge on any atom is -0.443 e. The lowest BCUT2D eigenvalue weighted by Crippen LogP contribution is -2.37. The number of carbonyl (C=O) groups excluding carboxylic acids is 1. The fraction of sp³-hybridized carbons (Fsp3) is 0.400. The van der Waals surface area contributed by atoms with E-state index < -0.39 is 11.7 Å². The summed E-state index contributed by atoms with van der Waals surface area (Å²) >= 11 is 6.60. The molecule has 1 amide bonds. The molecule has 0 radical (unpaired) electrons. The van der Waals surface area contributed by atoms with Gasteiger partial charge in [-0.15, -0.1) is 22.7 Å². The van der Waals surface area contributed by atoms with Crippen LogP contribution in [0.3, 0.4) is 0 Å². The van der Waals surface area contributed by atoms with E-state index in [2.05, 4.69) is 25.9 Å². The number of rotatable bonds is 5. The number of nitrogens with zero attached hydrogens (tertiary/aromatic N) is 4. The molecule has 3 rings (SSSR count). The zero-order valence-electron chi connectivity index (χ0n) is 17.1. The molecule has 0 saturated carbocycles. The number of thiophene rings is 2. The highest BCUT2D eigenvalue weighted by molar-refractivity contribution is 9.10. The molecular weight excluding hydrogens is 486 g/mol. The molecule has 2 N–H and O–H groups in total. The molecule has 0 unspecified atom stereocenters. The minimum absolute atomic E-state index is 0.0110. The van der Waals surface area contributed by atoms with Crippen molar-refractivity contribution in [1.82, 2.24) is 9.97 Å². The van der Waals surface area contributed by atoms with Crippen LogP contribution in [-0.2, 0) is 17.7 Å². The van der Waals surface area contributed by atoms with Crippen molar-refractivity contribution >= 4 is 60.7 Å². The molecule has 7 nitrogen and oxygen atoms in total. The fourth-order valence-electron chi connectivity index (χ4n) is 2.74. The molecule has 0 bridgehead atoms. The maximum absolute atomic E-state index is 13.1. The van der Waals surface area contributed by atoms with Crippen LogP contribution in [0.25, 0.3) is 10.2 Å². The average Bonchev–Trinajstić information content (AvgIpc) is 3.26. The van der Waals surface area contributed by atoms with E-state index >= 15 is 0 Å². The lowest BCUT2D eigenvalue weighted by atomic mass is 10.2. The number of aromatic nitrogens is 2. The molecule has 0 fully saturated rings. The van der Waals surface area contributed by atoms with E-state index in [0.29, 0.717) is 22.5 Å². The van der Waals surface area contributed by atoms with Crippen molar-refractivity contribution in [2.24, 2.45) is 5.73 Å². The number of anilines is 1. The highest BCUT2D eigenvalue weighted by atomic mass is 79.9. The van der Waals surface area contributed by atoms with Crippen LogP contribution in [0.1, 0.15) is 43.3 Å². The van der Waals surface area contributed by atoms with Crippen molar-refractivity contribution in [2.75, 3.05) is 4.90 Å². The Hall–Kier alpha value is -2.06. The number of nitrogens with two attached hydrogens (primary N) is 1. The Morgan fingerprint density at radius 2 is 2.17 bits per heavy atom. The monoisotopic (exact) mass is 507 g/mol. The Kier molecular flexibility index (Phi) is 6.77. The standard InChI is InChI=1S/C20H22BrN5O2S2/c1-11(23)8-13-15(21)16-17(30-13)18(25-14(9-22)24-16)26(10-12-6-5-7-29-12)19(27)28-20(2,3)4/h5-7,11H,8,10,23H2,1-4H3/t11-/m0/s1. The van der Waals surface area contributed by atoms with E-state index in [4.69, 9.17) is 10.5 Å². The van der Waals surface area contributed by atoms with Crippen LogP contribution in [0.15, 0.2) is 22.0 Å². The molecule has 3 aromatic rings. The van der Waals surface area contributed by atoms with Gasteiger partial charge in [0, 0.05) is 15.8 Å². The number of hydrogen-bond donors (Lipinski definition) is 1. The van der Waals surface area contributed by atoms with Crippen molar-refractivity contribution in [3.05, 3.63) is 37.6 Å². The Morgan fingerprint density at radius 3 is 2.73 bits per heavy atom. The largest absolute Gasteiger partial charge is 0.443 e. The fourth-order valence-corrected chi connectivity index (χ4v) is 5.53. The summed E-state index contributed by atoms with van der Waals surface area (Å²) in [4.78, 5) is 25.3. The summed E-state index contributed by atoms with van der Waals surface area (Å²) in [5.74, 6) is 0.351. The second-order valence-electron chi connectivity index (χ2n) is 7.83.